The van der Waals surface area contributed by atoms with Crippen LogP contribution in [0, 0.1) is 17.2 Å². The largest absolute Gasteiger partial charge is 0.336 e. The van der Waals surface area contributed by atoms with Crippen LogP contribution in [0.25, 0.3) is 0 Å². The third-order valence-corrected chi connectivity index (χ3v) is 3.87. The van der Waals surface area contributed by atoms with E-state index in [0.717, 1.165) is 25.7 Å². The van der Waals surface area contributed by atoms with Gasteiger partial charge in [0, 0.05) is 12.4 Å². The van der Waals surface area contributed by atoms with Crippen LogP contribution in [0.1, 0.15) is 42.5 Å². The summed E-state index contributed by atoms with van der Waals surface area (Å²) in [6, 6.07) is 3.33. The lowest BCUT2D eigenvalue weighted by atomic mass is 9.84. The molecule has 5 heteroatoms. The van der Waals surface area contributed by atoms with Gasteiger partial charge in [-0.25, -0.2) is 0 Å². The molecule has 1 fully saturated rings. The molecule has 1 aromatic rings. The average Bonchev–Trinajstić information content (AvgIpc) is 2.46. The van der Waals surface area contributed by atoms with Gasteiger partial charge in [-0.1, -0.05) is 30.9 Å². The third-order valence-electron chi connectivity index (χ3n) is 3.56. The van der Waals surface area contributed by atoms with Crippen molar-refractivity contribution in [1.82, 2.24) is 10.3 Å². The molecule has 1 saturated carbocycles. The quantitative estimate of drug-likeness (QED) is 0.924. The second kappa shape index (κ2) is 6.53. The first-order chi connectivity index (χ1) is 9.22. The van der Waals surface area contributed by atoms with Gasteiger partial charge >= 0.3 is 0 Å². The third kappa shape index (κ3) is 3.45. The summed E-state index contributed by atoms with van der Waals surface area (Å²) in [4.78, 5) is 15.9. The summed E-state index contributed by atoms with van der Waals surface area (Å²) in [5.41, 5.74) is 0.368. The van der Waals surface area contributed by atoms with Crippen molar-refractivity contribution in [3.63, 3.8) is 0 Å². The summed E-state index contributed by atoms with van der Waals surface area (Å²) >= 11 is 5.93. The number of nitrogens with one attached hydrogen (secondary N) is 1. The minimum atomic E-state index is -0.433. The van der Waals surface area contributed by atoms with Crippen molar-refractivity contribution in [3.05, 3.63) is 29.0 Å². The van der Waals surface area contributed by atoms with Gasteiger partial charge in [0.15, 0.2) is 0 Å². The molecule has 19 heavy (non-hydrogen) atoms. The molecule has 1 aromatic heterocycles. The van der Waals surface area contributed by atoms with Crippen molar-refractivity contribution in [3.8, 4) is 6.07 Å². The Balaban J connectivity index is 2.04. The van der Waals surface area contributed by atoms with Crippen LogP contribution < -0.4 is 5.32 Å². The van der Waals surface area contributed by atoms with Gasteiger partial charge in [0.25, 0.3) is 5.91 Å². The van der Waals surface area contributed by atoms with Crippen LogP contribution in [0.3, 0.4) is 0 Å². The first kappa shape index (κ1) is 13.8. The van der Waals surface area contributed by atoms with Gasteiger partial charge in [0.05, 0.1) is 16.7 Å². The lowest BCUT2D eigenvalue weighted by Gasteiger charge is -2.26. The van der Waals surface area contributed by atoms with Gasteiger partial charge in [-0.15, -0.1) is 0 Å². The molecule has 1 aliphatic rings. The average molecular weight is 278 g/mol. The van der Waals surface area contributed by atoms with Gasteiger partial charge in [0.2, 0.25) is 0 Å². The summed E-state index contributed by atoms with van der Waals surface area (Å²) < 4.78 is 0. The first-order valence-electron chi connectivity index (χ1n) is 6.52. The maximum Gasteiger partial charge on any atom is 0.253 e. The SMILES string of the molecule is N#CC(NC(=O)c1ccncc1Cl)C1CCCCC1. The lowest BCUT2D eigenvalue weighted by Crippen LogP contribution is -2.40. The van der Waals surface area contributed by atoms with Crippen LogP contribution in [0.15, 0.2) is 18.5 Å². The maximum absolute atomic E-state index is 12.1. The zero-order chi connectivity index (χ0) is 13.7. The van der Waals surface area contributed by atoms with Crippen molar-refractivity contribution < 1.29 is 4.79 Å². The Morgan fingerprint density at radius 2 is 2.21 bits per heavy atom. The van der Waals surface area contributed by atoms with Crippen LogP contribution in [-0.4, -0.2) is 16.9 Å². The highest BCUT2D eigenvalue weighted by atomic mass is 35.5. The number of nitriles is 1. The molecule has 1 unspecified atom stereocenters. The van der Waals surface area contributed by atoms with Crippen molar-refractivity contribution in [2.75, 3.05) is 0 Å². The standard InChI is InChI=1S/C14H16ClN3O/c15-12-9-17-7-6-11(12)14(19)18-13(8-16)10-4-2-1-3-5-10/h6-7,9-10,13H,1-5H2,(H,18,19). The molecule has 1 aliphatic carbocycles. The zero-order valence-electron chi connectivity index (χ0n) is 10.6. The monoisotopic (exact) mass is 277 g/mol. The van der Waals surface area contributed by atoms with E-state index in [1.165, 1.54) is 18.8 Å². The second-order valence-electron chi connectivity index (χ2n) is 4.83. The van der Waals surface area contributed by atoms with Crippen molar-refractivity contribution in [1.29, 1.82) is 5.26 Å². The number of rotatable bonds is 3. The molecule has 4 nitrogen and oxygen atoms in total. The molecular formula is C14H16ClN3O. The number of carbonyl (C=O) groups is 1. The lowest BCUT2D eigenvalue weighted by molar-refractivity contribution is 0.0929. The van der Waals surface area contributed by atoms with Crippen molar-refractivity contribution in [2.45, 2.75) is 38.1 Å². The summed E-state index contributed by atoms with van der Waals surface area (Å²) in [6.45, 7) is 0. The Kier molecular flexibility index (Phi) is 4.75. The smallest absolute Gasteiger partial charge is 0.253 e. The predicted octanol–water partition coefficient (Wildman–Crippen LogP) is 2.94. The summed E-state index contributed by atoms with van der Waals surface area (Å²) in [5, 5.41) is 12.3. The Morgan fingerprint density at radius 1 is 1.47 bits per heavy atom. The molecule has 1 amide bonds. The topological polar surface area (TPSA) is 65.8 Å². The highest BCUT2D eigenvalue weighted by Crippen LogP contribution is 2.26. The molecule has 1 N–H and O–H groups in total. The highest BCUT2D eigenvalue weighted by Gasteiger charge is 2.25. The van der Waals surface area contributed by atoms with Crippen LogP contribution in [0.4, 0.5) is 0 Å². The zero-order valence-corrected chi connectivity index (χ0v) is 11.4. The fourth-order valence-corrected chi connectivity index (χ4v) is 2.71. The Bertz CT molecular complexity index is 492. The Morgan fingerprint density at radius 3 is 2.84 bits per heavy atom. The van der Waals surface area contributed by atoms with Crippen molar-refractivity contribution in [2.24, 2.45) is 5.92 Å². The van der Waals surface area contributed by atoms with E-state index in [4.69, 9.17) is 11.6 Å². The molecule has 0 aliphatic heterocycles. The molecule has 0 aromatic carbocycles. The van der Waals surface area contributed by atoms with Crippen LogP contribution in [0.5, 0.6) is 0 Å². The number of hydrogen-bond donors (Lipinski definition) is 1. The predicted molar refractivity (Wildman–Crippen MR) is 72.7 cm³/mol. The van der Waals surface area contributed by atoms with E-state index < -0.39 is 6.04 Å². The fraction of sp³-hybridized carbons (Fsp3) is 0.500. The molecular weight excluding hydrogens is 262 g/mol. The normalized spacial score (nSPS) is 17.5. The number of halogens is 1. The van der Waals surface area contributed by atoms with Gasteiger partial charge in [-0.3, -0.25) is 9.78 Å². The van der Waals surface area contributed by atoms with E-state index in [0.29, 0.717) is 10.6 Å². The number of hydrogen-bond acceptors (Lipinski definition) is 3. The van der Waals surface area contributed by atoms with Gasteiger partial charge in [-0.05, 0) is 24.8 Å². The number of carbonyl (C=O) groups excluding carboxylic acids is 1. The molecule has 1 heterocycles. The van der Waals surface area contributed by atoms with Crippen LogP contribution in [0.2, 0.25) is 5.02 Å². The van der Waals surface area contributed by atoms with Crippen LogP contribution >= 0.6 is 11.6 Å². The van der Waals surface area contributed by atoms with Gasteiger partial charge in [-0.2, -0.15) is 5.26 Å². The van der Waals surface area contributed by atoms with Crippen molar-refractivity contribution >= 4 is 17.5 Å². The van der Waals surface area contributed by atoms with E-state index in [9.17, 15) is 10.1 Å². The maximum atomic E-state index is 12.1. The van der Waals surface area contributed by atoms with E-state index in [1.54, 1.807) is 6.07 Å². The number of aromatic nitrogens is 1. The van der Waals surface area contributed by atoms with Crippen LogP contribution in [-0.2, 0) is 0 Å². The molecule has 100 valence electrons. The molecule has 2 rings (SSSR count). The Hall–Kier alpha value is -1.60. The van der Waals surface area contributed by atoms with E-state index in [2.05, 4.69) is 16.4 Å². The van der Waals surface area contributed by atoms with E-state index >= 15 is 0 Å². The molecule has 0 bridgehead atoms. The minimum Gasteiger partial charge on any atom is -0.336 e. The summed E-state index contributed by atoms with van der Waals surface area (Å²) in [7, 11) is 0. The minimum absolute atomic E-state index is 0.253. The molecule has 0 saturated heterocycles. The number of amides is 1. The number of pyridine rings is 1. The summed E-state index contributed by atoms with van der Waals surface area (Å²) in [5.74, 6) is -0.0483. The second-order valence-corrected chi connectivity index (χ2v) is 5.24. The highest BCUT2D eigenvalue weighted by molar-refractivity contribution is 6.33. The Labute approximate surface area is 117 Å². The molecule has 1 atom stereocenters. The molecule has 0 spiro atoms. The van der Waals surface area contributed by atoms with Gasteiger partial charge < -0.3 is 5.32 Å². The summed E-state index contributed by atoms with van der Waals surface area (Å²) in [6.07, 6.45) is 8.44. The molecule has 0 radical (unpaired) electrons. The van der Waals surface area contributed by atoms with E-state index in [-0.39, 0.29) is 11.8 Å². The van der Waals surface area contributed by atoms with Gasteiger partial charge in [0.1, 0.15) is 6.04 Å². The fourth-order valence-electron chi connectivity index (χ4n) is 2.50. The first-order valence-corrected chi connectivity index (χ1v) is 6.90. The van der Waals surface area contributed by atoms with E-state index in [1.807, 2.05) is 0 Å². The number of nitrogens with zero attached hydrogens (tertiary/aromatic N) is 2.